The van der Waals surface area contributed by atoms with Gasteiger partial charge in [-0.3, -0.25) is 9.59 Å². The SMILES string of the molecule is CC(C)OC(=O)C1(C(=O)OC(C)C)CC(C(F)(F)F)C1O. The number of hydrogen-bond donors (Lipinski definition) is 1. The molecular weight excluding hydrogens is 293 g/mol. The maximum absolute atomic E-state index is 12.7. The van der Waals surface area contributed by atoms with Gasteiger partial charge in [-0.25, -0.2) is 0 Å². The molecule has 8 heteroatoms. The third-order valence-corrected chi connectivity index (χ3v) is 3.26. The van der Waals surface area contributed by atoms with E-state index >= 15 is 0 Å². The summed E-state index contributed by atoms with van der Waals surface area (Å²) in [5.74, 6) is -4.51. The van der Waals surface area contributed by atoms with Crippen molar-refractivity contribution >= 4 is 11.9 Å². The van der Waals surface area contributed by atoms with E-state index in [1.165, 1.54) is 27.7 Å². The Morgan fingerprint density at radius 3 is 1.71 bits per heavy atom. The molecule has 2 unspecified atom stereocenters. The van der Waals surface area contributed by atoms with Crippen LogP contribution in [0.15, 0.2) is 0 Å². The lowest BCUT2D eigenvalue weighted by Crippen LogP contribution is -2.66. The second-order valence-corrected chi connectivity index (χ2v) is 5.68. The average Bonchev–Trinajstić information content (AvgIpc) is 2.23. The Bertz CT molecular complexity index is 395. The van der Waals surface area contributed by atoms with Crippen molar-refractivity contribution in [1.29, 1.82) is 0 Å². The molecule has 0 bridgehead atoms. The molecule has 0 spiro atoms. The minimum atomic E-state index is -4.70. The fourth-order valence-corrected chi connectivity index (χ4v) is 2.19. The molecule has 2 atom stereocenters. The Morgan fingerprint density at radius 1 is 1.10 bits per heavy atom. The molecule has 1 N–H and O–H groups in total. The quantitative estimate of drug-likeness (QED) is 0.633. The van der Waals surface area contributed by atoms with Gasteiger partial charge in [0.2, 0.25) is 0 Å². The van der Waals surface area contributed by atoms with Crippen LogP contribution in [-0.4, -0.2) is 41.5 Å². The van der Waals surface area contributed by atoms with E-state index < -0.39 is 54.2 Å². The van der Waals surface area contributed by atoms with Crippen molar-refractivity contribution in [1.82, 2.24) is 0 Å². The van der Waals surface area contributed by atoms with Crippen LogP contribution in [0.3, 0.4) is 0 Å². The summed E-state index contributed by atoms with van der Waals surface area (Å²) in [5, 5.41) is 9.80. The van der Waals surface area contributed by atoms with Gasteiger partial charge in [-0.2, -0.15) is 13.2 Å². The summed E-state index contributed by atoms with van der Waals surface area (Å²) in [6.45, 7) is 5.97. The summed E-state index contributed by atoms with van der Waals surface area (Å²) in [4.78, 5) is 24.0. The first-order valence-corrected chi connectivity index (χ1v) is 6.59. The van der Waals surface area contributed by atoms with Gasteiger partial charge in [-0.1, -0.05) is 0 Å². The first-order chi connectivity index (χ1) is 9.42. The van der Waals surface area contributed by atoms with Gasteiger partial charge >= 0.3 is 18.1 Å². The highest BCUT2D eigenvalue weighted by Crippen LogP contribution is 2.54. The molecule has 1 saturated carbocycles. The molecule has 1 fully saturated rings. The molecular formula is C13H19F3O5. The summed E-state index contributed by atoms with van der Waals surface area (Å²) in [7, 11) is 0. The molecule has 122 valence electrons. The van der Waals surface area contributed by atoms with Crippen LogP contribution in [0.25, 0.3) is 0 Å². The highest BCUT2D eigenvalue weighted by Gasteiger charge is 2.72. The molecule has 5 nitrogen and oxygen atoms in total. The normalized spacial score (nSPS) is 24.7. The zero-order valence-corrected chi connectivity index (χ0v) is 12.2. The monoisotopic (exact) mass is 312 g/mol. The zero-order valence-electron chi connectivity index (χ0n) is 12.2. The van der Waals surface area contributed by atoms with E-state index in [4.69, 9.17) is 9.47 Å². The average molecular weight is 312 g/mol. The topological polar surface area (TPSA) is 72.8 Å². The fourth-order valence-electron chi connectivity index (χ4n) is 2.19. The lowest BCUT2D eigenvalue weighted by atomic mass is 9.58. The van der Waals surface area contributed by atoms with Crippen LogP contribution >= 0.6 is 0 Å². The smallest absolute Gasteiger partial charge is 0.394 e. The van der Waals surface area contributed by atoms with Crippen molar-refractivity contribution in [3.8, 4) is 0 Å². The highest BCUT2D eigenvalue weighted by molar-refractivity contribution is 6.02. The Morgan fingerprint density at radius 2 is 1.48 bits per heavy atom. The van der Waals surface area contributed by atoms with Crippen LogP contribution in [0.1, 0.15) is 34.1 Å². The third-order valence-electron chi connectivity index (χ3n) is 3.26. The van der Waals surface area contributed by atoms with Crippen molar-refractivity contribution in [3.63, 3.8) is 0 Å². The highest BCUT2D eigenvalue weighted by atomic mass is 19.4. The first kappa shape index (κ1) is 17.7. The predicted octanol–water partition coefficient (Wildman–Crippen LogP) is 1.82. The number of carbonyl (C=O) groups excluding carboxylic acids is 2. The molecule has 21 heavy (non-hydrogen) atoms. The van der Waals surface area contributed by atoms with Crippen molar-refractivity contribution in [3.05, 3.63) is 0 Å². The van der Waals surface area contributed by atoms with E-state index in [2.05, 4.69) is 0 Å². The van der Waals surface area contributed by atoms with Gasteiger partial charge in [-0.05, 0) is 34.1 Å². The molecule has 1 aliphatic rings. The van der Waals surface area contributed by atoms with Crippen LogP contribution in [0.2, 0.25) is 0 Å². The van der Waals surface area contributed by atoms with Crippen molar-refractivity contribution in [2.75, 3.05) is 0 Å². The molecule has 0 amide bonds. The molecule has 1 aliphatic carbocycles. The molecule has 0 aromatic carbocycles. The summed E-state index contributed by atoms with van der Waals surface area (Å²) in [6, 6.07) is 0. The number of aliphatic hydroxyl groups excluding tert-OH is 1. The molecule has 0 aliphatic heterocycles. The standard InChI is InChI=1S/C13H19F3O5/c1-6(2)20-10(18)12(11(19)21-7(3)4)5-8(9(12)17)13(14,15)16/h6-9,17H,5H2,1-4H3. The summed E-state index contributed by atoms with van der Waals surface area (Å²) >= 11 is 0. The number of aliphatic hydroxyl groups is 1. The summed E-state index contributed by atoms with van der Waals surface area (Å²) in [6.07, 6.45) is -9.01. The fraction of sp³-hybridized carbons (Fsp3) is 0.846. The second kappa shape index (κ2) is 5.82. The number of rotatable bonds is 4. The number of carbonyl (C=O) groups is 2. The van der Waals surface area contributed by atoms with E-state index in [1.807, 2.05) is 0 Å². The van der Waals surface area contributed by atoms with Crippen LogP contribution in [0.5, 0.6) is 0 Å². The number of ether oxygens (including phenoxy) is 2. The molecule has 0 radical (unpaired) electrons. The molecule has 0 heterocycles. The Hall–Kier alpha value is -1.31. The summed E-state index contributed by atoms with van der Waals surface area (Å²) < 4.78 is 47.7. The van der Waals surface area contributed by atoms with Crippen LogP contribution in [-0.2, 0) is 19.1 Å². The van der Waals surface area contributed by atoms with Gasteiger partial charge in [0, 0.05) is 0 Å². The minimum Gasteiger partial charge on any atom is -0.462 e. The molecule has 0 aromatic heterocycles. The number of hydrogen-bond acceptors (Lipinski definition) is 5. The Labute approximate surface area is 120 Å². The lowest BCUT2D eigenvalue weighted by Gasteiger charge is -2.48. The lowest BCUT2D eigenvalue weighted by molar-refractivity contribution is -0.273. The van der Waals surface area contributed by atoms with Gasteiger partial charge in [0.15, 0.2) is 5.41 Å². The van der Waals surface area contributed by atoms with E-state index in [0.717, 1.165) is 0 Å². The summed E-state index contributed by atoms with van der Waals surface area (Å²) in [5.41, 5.74) is -2.30. The van der Waals surface area contributed by atoms with E-state index in [-0.39, 0.29) is 0 Å². The number of alkyl halides is 3. The van der Waals surface area contributed by atoms with Gasteiger partial charge < -0.3 is 14.6 Å². The predicted molar refractivity (Wildman–Crippen MR) is 65.1 cm³/mol. The minimum absolute atomic E-state index is 0.627. The zero-order chi connectivity index (χ0) is 16.6. The van der Waals surface area contributed by atoms with E-state index in [1.54, 1.807) is 0 Å². The Kier molecular flexibility index (Phi) is 4.92. The third kappa shape index (κ3) is 3.30. The molecule has 0 aromatic rings. The first-order valence-electron chi connectivity index (χ1n) is 6.59. The van der Waals surface area contributed by atoms with E-state index in [9.17, 15) is 27.9 Å². The van der Waals surface area contributed by atoms with Crippen molar-refractivity contribution in [2.24, 2.45) is 11.3 Å². The van der Waals surface area contributed by atoms with Gasteiger partial charge in [-0.15, -0.1) is 0 Å². The van der Waals surface area contributed by atoms with Gasteiger partial charge in [0.25, 0.3) is 0 Å². The van der Waals surface area contributed by atoms with Crippen molar-refractivity contribution in [2.45, 2.75) is 58.6 Å². The maximum Gasteiger partial charge on any atom is 0.394 e. The van der Waals surface area contributed by atoms with Gasteiger partial charge in [0.1, 0.15) is 0 Å². The number of esters is 2. The number of halogens is 3. The second-order valence-electron chi connectivity index (χ2n) is 5.68. The molecule has 0 saturated heterocycles. The Balaban J connectivity index is 3.04. The largest absolute Gasteiger partial charge is 0.462 e. The van der Waals surface area contributed by atoms with Crippen LogP contribution in [0.4, 0.5) is 13.2 Å². The van der Waals surface area contributed by atoms with Crippen LogP contribution in [0, 0.1) is 11.3 Å². The molecule has 1 rings (SSSR count). The maximum atomic E-state index is 12.7. The van der Waals surface area contributed by atoms with Crippen LogP contribution < -0.4 is 0 Å². The van der Waals surface area contributed by atoms with Crippen molar-refractivity contribution < 1.29 is 37.3 Å². The van der Waals surface area contributed by atoms with Gasteiger partial charge in [0.05, 0.1) is 24.2 Å². The van der Waals surface area contributed by atoms with E-state index in [0.29, 0.717) is 0 Å².